The molecular weight excluding hydrogens is 452 g/mol. The third kappa shape index (κ3) is 6.29. The van der Waals surface area contributed by atoms with Crippen molar-refractivity contribution < 1.29 is 14.3 Å². The lowest BCUT2D eigenvalue weighted by atomic mass is 9.90. The minimum absolute atomic E-state index is 0.0297. The molecule has 2 aliphatic heterocycles. The molecule has 2 saturated heterocycles. The lowest BCUT2D eigenvalue weighted by Gasteiger charge is -2.44. The fourth-order valence-corrected chi connectivity index (χ4v) is 6.32. The van der Waals surface area contributed by atoms with E-state index in [2.05, 4.69) is 41.4 Å². The van der Waals surface area contributed by atoms with Crippen molar-refractivity contribution in [3.63, 3.8) is 0 Å². The van der Waals surface area contributed by atoms with Crippen molar-refractivity contribution in [2.24, 2.45) is 11.7 Å². The molecule has 7 heteroatoms. The van der Waals surface area contributed by atoms with Crippen LogP contribution < -0.4 is 11.1 Å². The van der Waals surface area contributed by atoms with Crippen molar-refractivity contribution in [2.75, 3.05) is 19.7 Å². The first kappa shape index (κ1) is 25.7. The Morgan fingerprint density at radius 2 is 1.86 bits per heavy atom. The summed E-state index contributed by atoms with van der Waals surface area (Å²) in [6.07, 6.45) is 9.74. The molecule has 1 aromatic carbocycles. The number of likely N-dealkylation sites (tertiary alicyclic amines) is 1. The Morgan fingerprint density at radius 1 is 1.08 bits per heavy atom. The van der Waals surface area contributed by atoms with E-state index in [9.17, 15) is 9.59 Å². The summed E-state index contributed by atoms with van der Waals surface area (Å²) in [5.74, 6) is 0.338. The summed E-state index contributed by atoms with van der Waals surface area (Å²) in [5.41, 5.74) is 8.70. The summed E-state index contributed by atoms with van der Waals surface area (Å²) in [6, 6.07) is 8.84. The zero-order chi connectivity index (χ0) is 25.1. The molecule has 7 nitrogen and oxygen atoms in total. The summed E-state index contributed by atoms with van der Waals surface area (Å²) < 4.78 is 6.03. The van der Waals surface area contributed by atoms with Crippen LogP contribution in [0.15, 0.2) is 24.3 Å². The topological polar surface area (TPSA) is 87.9 Å². The molecule has 3 atom stereocenters. The second-order valence-corrected chi connectivity index (χ2v) is 11.6. The number of aryl methyl sites for hydroxylation is 1. The summed E-state index contributed by atoms with van der Waals surface area (Å²) in [6.45, 7) is 5.40. The normalized spacial score (nSPS) is 31.0. The zero-order valence-electron chi connectivity index (χ0n) is 21.9. The second kappa shape index (κ2) is 11.6. The summed E-state index contributed by atoms with van der Waals surface area (Å²) in [4.78, 5) is 31.3. The van der Waals surface area contributed by atoms with Crippen LogP contribution in [0, 0.1) is 12.8 Å². The predicted molar refractivity (Wildman–Crippen MR) is 140 cm³/mol. The number of carbonyl (C=O) groups is 2. The van der Waals surface area contributed by atoms with Gasteiger partial charge < -0.3 is 20.7 Å². The lowest BCUT2D eigenvalue weighted by Crippen LogP contribution is -2.59. The predicted octanol–water partition coefficient (Wildman–Crippen LogP) is 3.13. The van der Waals surface area contributed by atoms with E-state index in [-0.39, 0.29) is 42.0 Å². The van der Waals surface area contributed by atoms with Crippen molar-refractivity contribution in [1.29, 1.82) is 0 Å². The molecule has 2 amide bonds. The van der Waals surface area contributed by atoms with Gasteiger partial charge in [-0.25, -0.2) is 0 Å². The highest BCUT2D eigenvalue weighted by atomic mass is 16.5. The molecule has 0 spiro atoms. The number of hydrogen-bond donors (Lipinski definition) is 2. The monoisotopic (exact) mass is 496 g/mol. The molecule has 0 bridgehead atoms. The minimum atomic E-state index is -0.392. The smallest absolute Gasteiger partial charge is 0.243 e. The number of nitrogens with two attached hydrogens (primary N) is 1. The van der Waals surface area contributed by atoms with E-state index >= 15 is 0 Å². The molecule has 198 valence electrons. The molecule has 2 unspecified atom stereocenters. The molecule has 2 heterocycles. The molecule has 2 saturated carbocycles. The van der Waals surface area contributed by atoms with Gasteiger partial charge in [0.15, 0.2) is 0 Å². The number of amides is 2. The van der Waals surface area contributed by atoms with Crippen LogP contribution in [0.25, 0.3) is 0 Å². The van der Waals surface area contributed by atoms with Crippen LogP contribution in [-0.4, -0.2) is 71.6 Å². The van der Waals surface area contributed by atoms with Crippen LogP contribution in [0.3, 0.4) is 0 Å². The molecular formula is C29H44N4O3. The van der Waals surface area contributed by atoms with Crippen molar-refractivity contribution >= 4 is 11.8 Å². The molecule has 3 N–H and O–H groups in total. The summed E-state index contributed by atoms with van der Waals surface area (Å²) in [5, 5.41) is 3.31. The largest absolute Gasteiger partial charge is 0.377 e. The van der Waals surface area contributed by atoms with Crippen molar-refractivity contribution in [2.45, 2.75) is 108 Å². The highest BCUT2D eigenvalue weighted by Gasteiger charge is 2.43. The standard InChI is InChI=1S/C29H44N4O3/c1-20-5-2-3-6-22(20)18-32(19-26-7-4-16-36-26)25-14-15-33(29(35)21-8-9-21)27(17-25)28(34)31-24-12-10-23(30)11-13-24/h2-3,5-6,21,23-27H,4,7-19,30H2,1H3,(H,31,34)/t23?,24?,25?,26?,27-/m1/s1. The molecule has 2 aliphatic carbocycles. The van der Waals surface area contributed by atoms with Gasteiger partial charge >= 0.3 is 0 Å². The molecule has 0 aromatic heterocycles. The molecule has 4 fully saturated rings. The highest BCUT2D eigenvalue weighted by molar-refractivity contribution is 5.89. The summed E-state index contributed by atoms with van der Waals surface area (Å²) >= 11 is 0. The Morgan fingerprint density at radius 3 is 2.56 bits per heavy atom. The number of benzene rings is 1. The molecule has 5 rings (SSSR count). The Hall–Kier alpha value is -1.96. The van der Waals surface area contributed by atoms with Gasteiger partial charge in [0, 0.05) is 50.3 Å². The molecule has 1 aromatic rings. The quantitative estimate of drug-likeness (QED) is 0.577. The van der Waals surface area contributed by atoms with Crippen molar-refractivity contribution in [3.8, 4) is 0 Å². The van der Waals surface area contributed by atoms with Gasteiger partial charge in [0.1, 0.15) is 6.04 Å². The number of piperidine rings is 1. The Labute approximate surface area is 216 Å². The molecule has 0 radical (unpaired) electrons. The van der Waals surface area contributed by atoms with E-state index < -0.39 is 6.04 Å². The average Bonchev–Trinajstić information content (AvgIpc) is 3.61. The van der Waals surface area contributed by atoms with E-state index in [1.54, 1.807) is 0 Å². The second-order valence-electron chi connectivity index (χ2n) is 11.6. The van der Waals surface area contributed by atoms with Crippen LogP contribution in [0.5, 0.6) is 0 Å². The highest BCUT2D eigenvalue weighted by Crippen LogP contribution is 2.35. The van der Waals surface area contributed by atoms with Gasteiger partial charge in [0.2, 0.25) is 11.8 Å². The average molecular weight is 497 g/mol. The van der Waals surface area contributed by atoms with E-state index in [1.165, 1.54) is 11.1 Å². The molecule has 36 heavy (non-hydrogen) atoms. The number of nitrogens with zero attached hydrogens (tertiary/aromatic N) is 2. The maximum atomic E-state index is 13.7. The fraction of sp³-hybridized carbons (Fsp3) is 0.724. The molecule has 4 aliphatic rings. The Balaban J connectivity index is 1.32. The first-order valence-corrected chi connectivity index (χ1v) is 14.2. The van der Waals surface area contributed by atoms with Gasteiger partial charge in [0.05, 0.1) is 6.10 Å². The first-order chi connectivity index (χ1) is 17.5. The zero-order valence-corrected chi connectivity index (χ0v) is 21.9. The summed E-state index contributed by atoms with van der Waals surface area (Å²) in [7, 11) is 0. The van der Waals surface area contributed by atoms with Gasteiger partial charge in [-0.2, -0.15) is 0 Å². The fourth-order valence-electron chi connectivity index (χ4n) is 6.32. The number of carbonyl (C=O) groups excluding carboxylic acids is 2. The van der Waals surface area contributed by atoms with Gasteiger partial charge in [-0.1, -0.05) is 24.3 Å². The van der Waals surface area contributed by atoms with Gasteiger partial charge in [-0.3, -0.25) is 14.5 Å². The number of nitrogens with one attached hydrogen (secondary N) is 1. The van der Waals surface area contributed by atoms with Crippen LogP contribution in [0.4, 0.5) is 0 Å². The van der Waals surface area contributed by atoms with Gasteiger partial charge in [-0.05, 0) is 82.3 Å². The minimum Gasteiger partial charge on any atom is -0.377 e. The van der Waals surface area contributed by atoms with Crippen LogP contribution in [-0.2, 0) is 20.9 Å². The number of hydrogen-bond acceptors (Lipinski definition) is 5. The van der Waals surface area contributed by atoms with Crippen molar-refractivity contribution in [3.05, 3.63) is 35.4 Å². The van der Waals surface area contributed by atoms with Gasteiger partial charge in [0.25, 0.3) is 0 Å². The van der Waals surface area contributed by atoms with E-state index in [0.717, 1.165) is 77.5 Å². The third-order valence-electron chi connectivity index (χ3n) is 8.82. The van der Waals surface area contributed by atoms with Crippen LogP contribution >= 0.6 is 0 Å². The third-order valence-corrected chi connectivity index (χ3v) is 8.82. The van der Waals surface area contributed by atoms with Gasteiger partial charge in [-0.15, -0.1) is 0 Å². The Bertz CT molecular complexity index is 906. The number of ether oxygens (including phenoxy) is 1. The van der Waals surface area contributed by atoms with E-state index in [0.29, 0.717) is 13.0 Å². The maximum Gasteiger partial charge on any atom is 0.243 e. The van der Waals surface area contributed by atoms with Crippen molar-refractivity contribution in [1.82, 2.24) is 15.1 Å². The maximum absolute atomic E-state index is 13.7. The lowest BCUT2D eigenvalue weighted by molar-refractivity contribution is -0.145. The van der Waals surface area contributed by atoms with E-state index in [4.69, 9.17) is 10.5 Å². The first-order valence-electron chi connectivity index (χ1n) is 14.2. The SMILES string of the molecule is Cc1ccccc1CN(CC1CCCO1)C1CCN(C(=O)C2CC2)[C@@H](C(=O)NC2CCC(N)CC2)C1. The van der Waals surface area contributed by atoms with Crippen LogP contribution in [0.2, 0.25) is 0 Å². The Kier molecular flexibility index (Phi) is 8.28. The van der Waals surface area contributed by atoms with E-state index in [1.807, 2.05) is 4.90 Å². The number of rotatable bonds is 8. The van der Waals surface area contributed by atoms with Crippen LogP contribution in [0.1, 0.15) is 75.3 Å².